The van der Waals surface area contributed by atoms with Gasteiger partial charge >= 0.3 is 0 Å². The molecule has 0 saturated carbocycles. The van der Waals surface area contributed by atoms with Gasteiger partial charge in [-0.3, -0.25) is 9.79 Å². The predicted molar refractivity (Wildman–Crippen MR) is 96.7 cm³/mol. The molecule has 5 heteroatoms. The van der Waals surface area contributed by atoms with Crippen molar-refractivity contribution < 1.29 is 0 Å². The van der Waals surface area contributed by atoms with Crippen molar-refractivity contribution in [2.45, 2.75) is 13.0 Å². The number of nitrogens with one attached hydrogen (secondary N) is 2. The van der Waals surface area contributed by atoms with Gasteiger partial charge in [-0.1, -0.05) is 30.3 Å². The molecule has 0 spiro atoms. The highest BCUT2D eigenvalue weighted by atomic mass is 16.1. The van der Waals surface area contributed by atoms with Crippen molar-refractivity contribution in [3.05, 3.63) is 76.3 Å². The van der Waals surface area contributed by atoms with E-state index in [1.54, 1.807) is 6.21 Å². The second-order valence-electron chi connectivity index (χ2n) is 5.73. The van der Waals surface area contributed by atoms with Gasteiger partial charge in [0.05, 0.1) is 16.6 Å². The van der Waals surface area contributed by atoms with E-state index in [1.807, 2.05) is 61.5 Å². The molecule has 2 aromatic carbocycles. The van der Waals surface area contributed by atoms with Crippen molar-refractivity contribution in [1.82, 2.24) is 15.0 Å². The first-order valence-corrected chi connectivity index (χ1v) is 7.80. The largest absolute Gasteiger partial charge is 0.340 e. The quantitative estimate of drug-likeness (QED) is 0.567. The third kappa shape index (κ3) is 2.60. The van der Waals surface area contributed by atoms with Gasteiger partial charge in [0.25, 0.3) is 5.56 Å². The molecular weight excluding hydrogens is 300 g/mol. The van der Waals surface area contributed by atoms with Gasteiger partial charge in [-0.15, -0.1) is 0 Å². The number of pyridine rings is 1. The Balaban J connectivity index is 1.66. The lowest BCUT2D eigenvalue weighted by molar-refractivity contribution is 0.766. The minimum absolute atomic E-state index is 0.144. The van der Waals surface area contributed by atoms with Gasteiger partial charge in [0.1, 0.15) is 11.9 Å². The summed E-state index contributed by atoms with van der Waals surface area (Å²) in [6.07, 6.45) is 1.61. The van der Waals surface area contributed by atoms with Crippen molar-refractivity contribution >= 4 is 28.2 Å². The number of hydrogen-bond acceptors (Lipinski definition) is 3. The van der Waals surface area contributed by atoms with Gasteiger partial charge in [-0.05, 0) is 36.6 Å². The standard InChI is InChI=1S/C19H16N4O/c1-12(18-21-16-8-4-5-9-17(16)22-18)20-11-14-10-13-6-2-3-7-15(13)23-19(14)24/h2-12H,1H3,(H,21,22)(H,23,24). The maximum atomic E-state index is 12.2. The van der Waals surface area contributed by atoms with Crippen LogP contribution in [0.2, 0.25) is 0 Å². The first-order chi connectivity index (χ1) is 11.7. The second kappa shape index (κ2) is 5.77. The van der Waals surface area contributed by atoms with E-state index in [2.05, 4.69) is 19.9 Å². The molecule has 24 heavy (non-hydrogen) atoms. The van der Waals surface area contributed by atoms with Crippen molar-refractivity contribution in [1.29, 1.82) is 0 Å². The zero-order valence-electron chi connectivity index (χ0n) is 13.2. The number of benzene rings is 2. The number of aromatic amines is 2. The van der Waals surface area contributed by atoms with Gasteiger partial charge in [0.15, 0.2) is 0 Å². The molecule has 0 amide bonds. The molecule has 0 radical (unpaired) electrons. The number of aliphatic imine (C=N–C) groups is 1. The topological polar surface area (TPSA) is 73.9 Å². The summed E-state index contributed by atoms with van der Waals surface area (Å²) < 4.78 is 0. The molecule has 0 saturated heterocycles. The predicted octanol–water partition coefficient (Wildman–Crippen LogP) is 3.58. The van der Waals surface area contributed by atoms with Gasteiger partial charge in [-0.2, -0.15) is 0 Å². The number of H-pyrrole nitrogens is 2. The van der Waals surface area contributed by atoms with E-state index in [9.17, 15) is 4.79 Å². The van der Waals surface area contributed by atoms with Gasteiger partial charge in [0, 0.05) is 11.7 Å². The van der Waals surface area contributed by atoms with Gasteiger partial charge < -0.3 is 9.97 Å². The highest BCUT2D eigenvalue weighted by molar-refractivity contribution is 5.87. The van der Waals surface area contributed by atoms with Gasteiger partial charge in [0.2, 0.25) is 0 Å². The van der Waals surface area contributed by atoms with E-state index in [-0.39, 0.29) is 11.6 Å². The van der Waals surface area contributed by atoms with Crippen LogP contribution < -0.4 is 5.56 Å². The van der Waals surface area contributed by atoms with Crippen LogP contribution in [0.4, 0.5) is 0 Å². The fourth-order valence-corrected chi connectivity index (χ4v) is 2.69. The average molecular weight is 316 g/mol. The lowest BCUT2D eigenvalue weighted by Crippen LogP contribution is -2.12. The first kappa shape index (κ1) is 14.4. The SMILES string of the molecule is CC(N=Cc1cc2ccccc2[nH]c1=O)c1nc2ccccc2[nH]1. The first-order valence-electron chi connectivity index (χ1n) is 7.80. The van der Waals surface area contributed by atoms with Crippen molar-refractivity contribution in [2.24, 2.45) is 4.99 Å². The summed E-state index contributed by atoms with van der Waals surface area (Å²) >= 11 is 0. The molecule has 4 rings (SSSR count). The summed E-state index contributed by atoms with van der Waals surface area (Å²) in [6.45, 7) is 1.95. The smallest absolute Gasteiger partial charge is 0.257 e. The normalized spacial score (nSPS) is 13.0. The maximum absolute atomic E-state index is 12.2. The summed E-state index contributed by atoms with van der Waals surface area (Å²) in [5, 5.41) is 0.981. The molecule has 2 aromatic heterocycles. The number of fused-ring (bicyclic) bond motifs is 2. The van der Waals surface area contributed by atoms with Crippen molar-refractivity contribution in [3.8, 4) is 0 Å². The summed E-state index contributed by atoms with van der Waals surface area (Å²) in [5.74, 6) is 0.782. The Morgan fingerprint density at radius 3 is 2.62 bits per heavy atom. The van der Waals surface area contributed by atoms with Gasteiger partial charge in [-0.25, -0.2) is 4.98 Å². The van der Waals surface area contributed by atoms with Crippen molar-refractivity contribution in [2.75, 3.05) is 0 Å². The molecule has 0 aliphatic rings. The molecule has 0 aliphatic heterocycles. The van der Waals surface area contributed by atoms with E-state index >= 15 is 0 Å². The lowest BCUT2D eigenvalue weighted by Gasteiger charge is -2.02. The van der Waals surface area contributed by atoms with E-state index < -0.39 is 0 Å². The van der Waals surface area contributed by atoms with Crippen LogP contribution >= 0.6 is 0 Å². The van der Waals surface area contributed by atoms with Crippen LogP contribution in [0.25, 0.3) is 21.9 Å². The molecule has 2 heterocycles. The van der Waals surface area contributed by atoms with E-state index in [0.717, 1.165) is 27.8 Å². The monoisotopic (exact) mass is 316 g/mol. The lowest BCUT2D eigenvalue weighted by atomic mass is 10.1. The van der Waals surface area contributed by atoms with Crippen LogP contribution in [-0.2, 0) is 0 Å². The molecule has 0 bridgehead atoms. The molecule has 0 fully saturated rings. The Morgan fingerprint density at radius 2 is 1.79 bits per heavy atom. The highest BCUT2D eigenvalue weighted by Crippen LogP contribution is 2.18. The zero-order valence-corrected chi connectivity index (χ0v) is 13.2. The molecule has 4 aromatic rings. The van der Waals surface area contributed by atoms with E-state index in [1.165, 1.54) is 0 Å². The molecule has 2 N–H and O–H groups in total. The summed E-state index contributed by atoms with van der Waals surface area (Å²) in [7, 11) is 0. The fourth-order valence-electron chi connectivity index (χ4n) is 2.69. The minimum atomic E-state index is -0.164. The molecular formula is C19H16N4O. The molecule has 1 atom stereocenters. The minimum Gasteiger partial charge on any atom is -0.340 e. The number of nitrogens with zero attached hydrogens (tertiary/aromatic N) is 2. The van der Waals surface area contributed by atoms with Crippen LogP contribution in [0.1, 0.15) is 24.4 Å². The third-order valence-corrected chi connectivity index (χ3v) is 4.02. The third-order valence-electron chi connectivity index (χ3n) is 4.02. The Hall–Kier alpha value is -3.21. The summed E-state index contributed by atoms with van der Waals surface area (Å²) in [5.41, 5.74) is 3.12. The zero-order chi connectivity index (χ0) is 16.5. The number of para-hydroxylation sites is 3. The fraction of sp³-hybridized carbons (Fsp3) is 0.105. The molecule has 118 valence electrons. The number of rotatable bonds is 3. The Bertz CT molecular complexity index is 1070. The summed E-state index contributed by atoms with van der Waals surface area (Å²) in [4.78, 5) is 27.3. The maximum Gasteiger partial charge on any atom is 0.257 e. The number of imidazole rings is 1. The van der Waals surface area contributed by atoms with Crippen molar-refractivity contribution in [3.63, 3.8) is 0 Å². The highest BCUT2D eigenvalue weighted by Gasteiger charge is 2.09. The Morgan fingerprint density at radius 1 is 1.04 bits per heavy atom. The van der Waals surface area contributed by atoms with E-state index in [4.69, 9.17) is 0 Å². The van der Waals surface area contributed by atoms with Crippen LogP contribution in [0.3, 0.4) is 0 Å². The molecule has 5 nitrogen and oxygen atoms in total. The van der Waals surface area contributed by atoms with Crippen LogP contribution in [0.5, 0.6) is 0 Å². The second-order valence-corrected chi connectivity index (χ2v) is 5.73. The number of hydrogen-bond donors (Lipinski definition) is 2. The van der Waals surface area contributed by atoms with E-state index in [0.29, 0.717) is 5.56 Å². The van der Waals surface area contributed by atoms with Crippen LogP contribution in [-0.4, -0.2) is 21.2 Å². The Kier molecular flexibility index (Phi) is 3.46. The van der Waals surface area contributed by atoms with Crippen LogP contribution in [0, 0.1) is 0 Å². The number of aromatic nitrogens is 3. The van der Waals surface area contributed by atoms with Crippen LogP contribution in [0.15, 0.2) is 64.4 Å². The average Bonchev–Trinajstić information content (AvgIpc) is 3.04. The Labute approximate surface area is 138 Å². The molecule has 0 aliphatic carbocycles. The summed E-state index contributed by atoms with van der Waals surface area (Å²) in [6, 6.07) is 17.2. The molecule has 1 unspecified atom stereocenters.